The highest BCUT2D eigenvalue weighted by atomic mass is 32.2. The molecule has 17 heavy (non-hydrogen) atoms. The molecule has 2 N–H and O–H groups in total. The minimum atomic E-state index is -3.27. The molecule has 5 nitrogen and oxygen atoms in total. The van der Waals surface area contributed by atoms with Gasteiger partial charge in [0, 0.05) is 32.7 Å². The van der Waals surface area contributed by atoms with E-state index in [4.69, 9.17) is 5.73 Å². The van der Waals surface area contributed by atoms with Crippen molar-refractivity contribution in [1.29, 1.82) is 0 Å². The molecule has 0 aromatic rings. The van der Waals surface area contributed by atoms with Gasteiger partial charge >= 0.3 is 0 Å². The van der Waals surface area contributed by atoms with Crippen LogP contribution < -0.4 is 5.73 Å². The average Bonchev–Trinajstić information content (AvgIpc) is 2.26. The lowest BCUT2D eigenvalue weighted by Crippen LogP contribution is -2.46. The minimum Gasteiger partial charge on any atom is -0.328 e. The summed E-state index contributed by atoms with van der Waals surface area (Å²) in [6.45, 7) is 5.84. The second-order valence-corrected chi connectivity index (χ2v) is 7.21. The van der Waals surface area contributed by atoms with E-state index in [2.05, 4.69) is 6.92 Å². The van der Waals surface area contributed by atoms with Gasteiger partial charge in [-0.1, -0.05) is 6.92 Å². The summed E-state index contributed by atoms with van der Waals surface area (Å²) in [5.41, 5.74) is 5.65. The molecule has 0 radical (unpaired) electrons. The van der Waals surface area contributed by atoms with Crippen LogP contribution in [0.3, 0.4) is 0 Å². The quantitative estimate of drug-likeness (QED) is 0.791. The third-order valence-corrected chi connectivity index (χ3v) is 5.35. The molecule has 1 aliphatic heterocycles. The lowest BCUT2D eigenvalue weighted by Gasteiger charge is -2.32. The molecular weight excluding hydrogens is 238 g/mol. The standard InChI is InChI=1S/C11H25N3O2S/c1-10-4-8-14(9-5-10)17(15,16)13(3)7-6-11(2)12/h10-11H,4-9,12H2,1-3H3. The summed E-state index contributed by atoms with van der Waals surface area (Å²) in [6, 6.07) is 0.0361. The third-order valence-electron chi connectivity index (χ3n) is 3.36. The van der Waals surface area contributed by atoms with Gasteiger partial charge in [-0.3, -0.25) is 0 Å². The van der Waals surface area contributed by atoms with E-state index in [0.29, 0.717) is 32.0 Å². The second kappa shape index (κ2) is 6.13. The molecule has 102 valence electrons. The van der Waals surface area contributed by atoms with E-state index in [9.17, 15) is 8.42 Å². The number of nitrogens with zero attached hydrogens (tertiary/aromatic N) is 2. The van der Waals surface area contributed by atoms with Crippen molar-refractivity contribution in [2.24, 2.45) is 11.7 Å². The Kier molecular flexibility index (Phi) is 5.37. The van der Waals surface area contributed by atoms with Gasteiger partial charge in [-0.25, -0.2) is 0 Å². The monoisotopic (exact) mass is 263 g/mol. The predicted octanol–water partition coefficient (Wildman–Crippen LogP) is 0.632. The Morgan fingerprint density at radius 2 is 1.94 bits per heavy atom. The molecule has 1 heterocycles. The molecule has 1 rings (SSSR count). The van der Waals surface area contributed by atoms with E-state index in [1.165, 1.54) is 4.31 Å². The third kappa shape index (κ3) is 4.21. The molecule has 1 atom stereocenters. The lowest BCUT2D eigenvalue weighted by atomic mass is 10.0. The Bertz CT molecular complexity index is 322. The Labute approximate surface area is 105 Å². The molecule has 0 aromatic carbocycles. The summed E-state index contributed by atoms with van der Waals surface area (Å²) in [5, 5.41) is 0. The number of nitrogens with two attached hydrogens (primary N) is 1. The van der Waals surface area contributed by atoms with Crippen LogP contribution in [0.4, 0.5) is 0 Å². The maximum absolute atomic E-state index is 12.2. The molecular formula is C11H25N3O2S. The molecule has 0 amide bonds. The predicted molar refractivity (Wildman–Crippen MR) is 69.8 cm³/mol. The first-order chi connectivity index (χ1) is 7.84. The fourth-order valence-electron chi connectivity index (χ4n) is 1.91. The highest BCUT2D eigenvalue weighted by molar-refractivity contribution is 7.86. The van der Waals surface area contributed by atoms with E-state index in [-0.39, 0.29) is 6.04 Å². The molecule has 0 saturated carbocycles. The van der Waals surface area contributed by atoms with Gasteiger partial charge in [0.05, 0.1) is 0 Å². The van der Waals surface area contributed by atoms with Crippen molar-refractivity contribution in [3.8, 4) is 0 Å². The highest BCUT2D eigenvalue weighted by Crippen LogP contribution is 2.20. The summed E-state index contributed by atoms with van der Waals surface area (Å²) in [6.07, 6.45) is 2.61. The first-order valence-electron chi connectivity index (χ1n) is 6.31. The first kappa shape index (κ1) is 14.9. The zero-order valence-corrected chi connectivity index (χ0v) is 11.9. The van der Waals surface area contributed by atoms with Crippen molar-refractivity contribution < 1.29 is 8.42 Å². The van der Waals surface area contributed by atoms with Gasteiger partial charge in [0.2, 0.25) is 0 Å². The van der Waals surface area contributed by atoms with Gasteiger partial charge in [-0.15, -0.1) is 0 Å². The Hall–Kier alpha value is -0.170. The largest absolute Gasteiger partial charge is 0.328 e. The Morgan fingerprint density at radius 1 is 1.41 bits per heavy atom. The van der Waals surface area contributed by atoms with Gasteiger partial charge in [-0.05, 0) is 32.1 Å². The summed E-state index contributed by atoms with van der Waals surface area (Å²) in [7, 11) is -1.64. The zero-order valence-electron chi connectivity index (χ0n) is 11.1. The highest BCUT2D eigenvalue weighted by Gasteiger charge is 2.29. The van der Waals surface area contributed by atoms with Crippen molar-refractivity contribution in [2.45, 2.75) is 39.2 Å². The fourth-order valence-corrected chi connectivity index (χ4v) is 3.32. The van der Waals surface area contributed by atoms with Gasteiger partial charge < -0.3 is 5.73 Å². The summed E-state index contributed by atoms with van der Waals surface area (Å²) < 4.78 is 27.4. The van der Waals surface area contributed by atoms with E-state index in [1.807, 2.05) is 6.92 Å². The van der Waals surface area contributed by atoms with E-state index in [0.717, 1.165) is 12.8 Å². The van der Waals surface area contributed by atoms with Gasteiger partial charge in [0.25, 0.3) is 10.2 Å². The average molecular weight is 263 g/mol. The van der Waals surface area contributed by atoms with Gasteiger partial charge in [0.1, 0.15) is 0 Å². The number of rotatable bonds is 5. The normalized spacial score (nSPS) is 21.9. The van der Waals surface area contributed by atoms with Crippen LogP contribution in [0.1, 0.15) is 33.1 Å². The molecule has 6 heteroatoms. The van der Waals surface area contributed by atoms with Gasteiger partial charge in [-0.2, -0.15) is 17.0 Å². The van der Waals surface area contributed by atoms with E-state index >= 15 is 0 Å². The van der Waals surface area contributed by atoms with E-state index < -0.39 is 10.2 Å². The molecule has 1 aliphatic rings. The minimum absolute atomic E-state index is 0.0361. The fraction of sp³-hybridized carbons (Fsp3) is 1.00. The molecule has 0 bridgehead atoms. The number of piperidine rings is 1. The van der Waals surface area contributed by atoms with Crippen LogP contribution in [0, 0.1) is 5.92 Å². The van der Waals surface area contributed by atoms with Crippen molar-refractivity contribution in [2.75, 3.05) is 26.7 Å². The molecule has 0 aromatic heterocycles. The van der Waals surface area contributed by atoms with Crippen LogP contribution in [0.5, 0.6) is 0 Å². The van der Waals surface area contributed by atoms with Crippen LogP contribution in [0.15, 0.2) is 0 Å². The molecule has 0 spiro atoms. The number of hydrogen-bond acceptors (Lipinski definition) is 3. The maximum Gasteiger partial charge on any atom is 0.281 e. The SMILES string of the molecule is CC(N)CCN(C)S(=O)(=O)N1CCC(C)CC1. The van der Waals surface area contributed by atoms with Crippen LogP contribution in [0.25, 0.3) is 0 Å². The van der Waals surface area contributed by atoms with Crippen molar-refractivity contribution in [3.05, 3.63) is 0 Å². The zero-order chi connectivity index (χ0) is 13.1. The molecule has 1 saturated heterocycles. The lowest BCUT2D eigenvalue weighted by molar-refractivity contribution is 0.269. The summed E-state index contributed by atoms with van der Waals surface area (Å²) in [5.74, 6) is 0.635. The molecule has 1 fully saturated rings. The Morgan fingerprint density at radius 3 is 2.41 bits per heavy atom. The summed E-state index contributed by atoms with van der Waals surface area (Å²) >= 11 is 0. The van der Waals surface area contributed by atoms with Crippen LogP contribution >= 0.6 is 0 Å². The first-order valence-corrected chi connectivity index (χ1v) is 7.70. The molecule has 1 unspecified atom stereocenters. The van der Waals surface area contributed by atoms with Crippen LogP contribution in [0.2, 0.25) is 0 Å². The van der Waals surface area contributed by atoms with E-state index in [1.54, 1.807) is 11.4 Å². The van der Waals surface area contributed by atoms with Crippen LogP contribution in [-0.2, 0) is 10.2 Å². The smallest absolute Gasteiger partial charge is 0.281 e. The van der Waals surface area contributed by atoms with Crippen molar-refractivity contribution >= 4 is 10.2 Å². The topological polar surface area (TPSA) is 66.6 Å². The second-order valence-electron chi connectivity index (χ2n) is 5.18. The number of hydrogen-bond donors (Lipinski definition) is 1. The molecule has 0 aliphatic carbocycles. The van der Waals surface area contributed by atoms with Crippen molar-refractivity contribution in [3.63, 3.8) is 0 Å². The maximum atomic E-state index is 12.2. The van der Waals surface area contributed by atoms with Crippen molar-refractivity contribution in [1.82, 2.24) is 8.61 Å². The summed E-state index contributed by atoms with van der Waals surface area (Å²) in [4.78, 5) is 0. The Balaban J connectivity index is 2.55. The van der Waals surface area contributed by atoms with Crippen LogP contribution in [-0.4, -0.2) is 49.8 Å². The van der Waals surface area contributed by atoms with Gasteiger partial charge in [0.15, 0.2) is 0 Å².